The van der Waals surface area contributed by atoms with E-state index < -0.39 is 0 Å². The van der Waals surface area contributed by atoms with Crippen LogP contribution in [0.5, 0.6) is 0 Å². The molecule has 1 aromatic carbocycles. The molecule has 3 aromatic rings. The lowest BCUT2D eigenvalue weighted by atomic mass is 10.1. The van der Waals surface area contributed by atoms with E-state index in [0.717, 1.165) is 5.56 Å². The lowest BCUT2D eigenvalue weighted by molar-refractivity contribution is 0.874. The Morgan fingerprint density at radius 2 is 1.82 bits per heavy atom. The van der Waals surface area contributed by atoms with Crippen LogP contribution in [0.4, 0.5) is 5.82 Å². The molecule has 0 aliphatic rings. The van der Waals surface area contributed by atoms with Crippen LogP contribution in [0.1, 0.15) is 18.5 Å². The van der Waals surface area contributed by atoms with Crippen LogP contribution in [0.15, 0.2) is 30.6 Å². The first kappa shape index (κ1) is 15.2. The van der Waals surface area contributed by atoms with Crippen LogP contribution in [0.3, 0.4) is 0 Å². The Hall–Kier alpha value is -1.69. The molecular weight excluding hydrogens is 345 g/mol. The average molecular weight is 355 g/mol. The first-order valence-corrected chi connectivity index (χ1v) is 7.53. The number of benzene rings is 1. The van der Waals surface area contributed by atoms with Crippen LogP contribution in [-0.2, 0) is 0 Å². The van der Waals surface area contributed by atoms with E-state index in [1.165, 1.54) is 0 Å². The molecule has 1 atom stereocenters. The molecule has 5 nitrogen and oxygen atoms in total. The van der Waals surface area contributed by atoms with Gasteiger partial charge in [-0.3, -0.25) is 0 Å². The molecule has 3 rings (SSSR count). The molecule has 0 bridgehead atoms. The minimum Gasteiger partial charge on any atom is -0.361 e. The van der Waals surface area contributed by atoms with E-state index in [1.807, 2.05) is 13.0 Å². The Kier molecular flexibility index (Phi) is 4.29. The van der Waals surface area contributed by atoms with Crippen LogP contribution in [0.25, 0.3) is 11.2 Å². The van der Waals surface area contributed by atoms with Crippen molar-refractivity contribution in [3.05, 3.63) is 51.5 Å². The molecule has 2 aromatic heterocycles. The molecule has 0 aliphatic heterocycles. The van der Waals surface area contributed by atoms with Gasteiger partial charge in [0.15, 0.2) is 17.0 Å². The fourth-order valence-electron chi connectivity index (χ4n) is 2.07. The summed E-state index contributed by atoms with van der Waals surface area (Å²) in [6.07, 6.45) is 3.12. The highest BCUT2D eigenvalue weighted by Crippen LogP contribution is 2.29. The van der Waals surface area contributed by atoms with Crippen molar-refractivity contribution in [2.45, 2.75) is 13.0 Å². The third-order valence-electron chi connectivity index (χ3n) is 3.09. The lowest BCUT2D eigenvalue weighted by Gasteiger charge is -2.17. The summed E-state index contributed by atoms with van der Waals surface area (Å²) in [6.45, 7) is 1.95. The summed E-state index contributed by atoms with van der Waals surface area (Å²) in [5.74, 6) is 0.501. The van der Waals surface area contributed by atoms with Crippen LogP contribution in [0.2, 0.25) is 15.3 Å². The van der Waals surface area contributed by atoms with Crippen LogP contribution in [0, 0.1) is 0 Å². The molecule has 0 radical (unpaired) electrons. The largest absolute Gasteiger partial charge is 0.361 e. The summed E-state index contributed by atoms with van der Waals surface area (Å²) in [5.41, 5.74) is 1.86. The Balaban J connectivity index is 1.99. The molecule has 0 fully saturated rings. The van der Waals surface area contributed by atoms with Gasteiger partial charge in [-0.05, 0) is 36.2 Å². The molecule has 1 unspecified atom stereocenters. The topological polar surface area (TPSA) is 63.6 Å². The fraction of sp³-hybridized carbons (Fsp3) is 0.143. The standard InChI is InChI=1S/C14H10Cl3N5/c1-7(9-3-2-8(15)6-10(9)16)20-13-11-12(19-5-4-18-11)21-14(17)22-13/h2-7H,1H3,(H,19,20,21,22). The summed E-state index contributed by atoms with van der Waals surface area (Å²) < 4.78 is 0. The zero-order valence-electron chi connectivity index (χ0n) is 11.4. The van der Waals surface area contributed by atoms with Crippen molar-refractivity contribution < 1.29 is 0 Å². The van der Waals surface area contributed by atoms with Gasteiger partial charge in [0.05, 0.1) is 6.04 Å². The van der Waals surface area contributed by atoms with E-state index >= 15 is 0 Å². The number of halogens is 3. The molecule has 0 amide bonds. The van der Waals surface area contributed by atoms with Gasteiger partial charge < -0.3 is 5.32 Å². The van der Waals surface area contributed by atoms with Crippen molar-refractivity contribution in [2.75, 3.05) is 5.32 Å². The minimum absolute atomic E-state index is 0.102. The van der Waals surface area contributed by atoms with Gasteiger partial charge in [0.2, 0.25) is 5.28 Å². The van der Waals surface area contributed by atoms with Gasteiger partial charge in [0, 0.05) is 22.4 Å². The van der Waals surface area contributed by atoms with E-state index in [4.69, 9.17) is 34.8 Å². The van der Waals surface area contributed by atoms with E-state index in [0.29, 0.717) is 27.0 Å². The molecule has 0 saturated heterocycles. The van der Waals surface area contributed by atoms with Crippen LogP contribution >= 0.6 is 34.8 Å². The second-order valence-electron chi connectivity index (χ2n) is 4.60. The number of rotatable bonds is 3. The maximum atomic E-state index is 6.23. The third kappa shape index (κ3) is 3.06. The normalized spacial score (nSPS) is 12.4. The number of anilines is 1. The van der Waals surface area contributed by atoms with Crippen molar-refractivity contribution in [1.29, 1.82) is 0 Å². The van der Waals surface area contributed by atoms with E-state index in [1.54, 1.807) is 24.5 Å². The number of hydrogen-bond donors (Lipinski definition) is 1. The van der Waals surface area contributed by atoms with Gasteiger partial charge >= 0.3 is 0 Å². The Labute approximate surface area is 141 Å². The minimum atomic E-state index is -0.124. The molecule has 112 valence electrons. The van der Waals surface area contributed by atoms with E-state index in [2.05, 4.69) is 25.3 Å². The van der Waals surface area contributed by atoms with Crippen molar-refractivity contribution in [3.63, 3.8) is 0 Å². The number of nitrogens with zero attached hydrogens (tertiary/aromatic N) is 4. The monoisotopic (exact) mass is 353 g/mol. The van der Waals surface area contributed by atoms with Gasteiger partial charge in [-0.25, -0.2) is 9.97 Å². The molecule has 0 saturated carbocycles. The highest BCUT2D eigenvalue weighted by atomic mass is 35.5. The molecular formula is C14H10Cl3N5. The SMILES string of the molecule is CC(Nc1nc(Cl)nc2nccnc12)c1ccc(Cl)cc1Cl. The molecule has 8 heteroatoms. The number of aromatic nitrogens is 4. The summed E-state index contributed by atoms with van der Waals surface area (Å²) in [5, 5.41) is 4.50. The highest BCUT2D eigenvalue weighted by molar-refractivity contribution is 6.35. The zero-order chi connectivity index (χ0) is 15.7. The summed E-state index contributed by atoms with van der Waals surface area (Å²) >= 11 is 18.1. The smallest absolute Gasteiger partial charge is 0.226 e. The third-order valence-corrected chi connectivity index (χ3v) is 3.82. The van der Waals surface area contributed by atoms with Gasteiger partial charge in [-0.2, -0.15) is 9.97 Å². The molecule has 22 heavy (non-hydrogen) atoms. The van der Waals surface area contributed by atoms with Crippen molar-refractivity contribution >= 4 is 51.8 Å². The van der Waals surface area contributed by atoms with Crippen molar-refractivity contribution in [3.8, 4) is 0 Å². The molecule has 0 spiro atoms. The maximum absolute atomic E-state index is 6.23. The number of fused-ring (bicyclic) bond motifs is 1. The summed E-state index contributed by atoms with van der Waals surface area (Å²) in [4.78, 5) is 16.6. The molecule has 1 N–H and O–H groups in total. The van der Waals surface area contributed by atoms with E-state index in [-0.39, 0.29) is 11.3 Å². The maximum Gasteiger partial charge on any atom is 0.226 e. The Morgan fingerprint density at radius 1 is 1.05 bits per heavy atom. The predicted octanol–water partition coefficient (Wildman–Crippen LogP) is 4.55. The van der Waals surface area contributed by atoms with Crippen LogP contribution in [-0.4, -0.2) is 19.9 Å². The van der Waals surface area contributed by atoms with Gasteiger partial charge in [0.25, 0.3) is 0 Å². The Morgan fingerprint density at radius 3 is 2.59 bits per heavy atom. The van der Waals surface area contributed by atoms with Crippen LogP contribution < -0.4 is 5.32 Å². The number of nitrogens with one attached hydrogen (secondary N) is 1. The quantitative estimate of drug-likeness (QED) is 0.699. The van der Waals surface area contributed by atoms with Crippen molar-refractivity contribution in [2.24, 2.45) is 0 Å². The first-order chi connectivity index (χ1) is 10.5. The van der Waals surface area contributed by atoms with Gasteiger partial charge in [-0.1, -0.05) is 29.3 Å². The van der Waals surface area contributed by atoms with Crippen molar-refractivity contribution in [1.82, 2.24) is 19.9 Å². The summed E-state index contributed by atoms with van der Waals surface area (Å²) in [7, 11) is 0. The predicted molar refractivity (Wildman–Crippen MR) is 88.6 cm³/mol. The zero-order valence-corrected chi connectivity index (χ0v) is 13.7. The van der Waals surface area contributed by atoms with Gasteiger partial charge in [0.1, 0.15) is 0 Å². The highest BCUT2D eigenvalue weighted by Gasteiger charge is 2.14. The molecule has 0 aliphatic carbocycles. The van der Waals surface area contributed by atoms with E-state index in [9.17, 15) is 0 Å². The summed E-state index contributed by atoms with van der Waals surface area (Å²) in [6, 6.07) is 5.22. The Bertz CT molecular complexity index is 840. The second kappa shape index (κ2) is 6.20. The van der Waals surface area contributed by atoms with Gasteiger partial charge in [-0.15, -0.1) is 0 Å². The lowest BCUT2D eigenvalue weighted by Crippen LogP contribution is -2.10. The fourth-order valence-corrected chi connectivity index (χ4v) is 2.81. The average Bonchev–Trinajstić information content (AvgIpc) is 2.46. The first-order valence-electron chi connectivity index (χ1n) is 6.40. The number of hydrogen-bond acceptors (Lipinski definition) is 5. The molecule has 2 heterocycles. The second-order valence-corrected chi connectivity index (χ2v) is 5.78.